The molecule has 0 fully saturated rings. The van der Waals surface area contributed by atoms with Gasteiger partial charge in [0.15, 0.2) is 5.69 Å². The van der Waals surface area contributed by atoms with Crippen molar-refractivity contribution >= 4 is 23.0 Å². The first kappa shape index (κ1) is 30.8. The van der Waals surface area contributed by atoms with Gasteiger partial charge in [-0.2, -0.15) is 23.5 Å². The smallest absolute Gasteiger partial charge is 0.435 e. The van der Waals surface area contributed by atoms with E-state index in [1.165, 1.54) is 36.4 Å². The number of hydrogen-bond acceptors (Lipinski definition) is 5. The number of anilines is 1. The molecule has 1 unspecified atom stereocenters. The second-order valence-electron chi connectivity index (χ2n) is 10.4. The Morgan fingerprint density at radius 3 is 2.40 bits per heavy atom. The summed E-state index contributed by atoms with van der Waals surface area (Å²) in [5.74, 6) is -1.84. The van der Waals surface area contributed by atoms with Gasteiger partial charge >= 0.3 is 6.18 Å². The first-order valence-corrected chi connectivity index (χ1v) is 13.9. The van der Waals surface area contributed by atoms with Crippen LogP contribution in [-0.2, 0) is 24.0 Å². The Balaban J connectivity index is 1.65. The van der Waals surface area contributed by atoms with Gasteiger partial charge < -0.3 is 9.87 Å². The minimum absolute atomic E-state index is 0.0487. The summed E-state index contributed by atoms with van der Waals surface area (Å²) in [6.45, 7) is 5.49. The van der Waals surface area contributed by atoms with Crippen LogP contribution in [0.2, 0.25) is 0 Å². The molecule has 0 radical (unpaired) electrons. The van der Waals surface area contributed by atoms with Crippen molar-refractivity contribution in [2.24, 2.45) is 0 Å². The number of hydrogen-bond donors (Lipinski definition) is 2. The average molecular weight is 598 g/mol. The molecule has 0 bridgehead atoms. The predicted molar refractivity (Wildman–Crippen MR) is 152 cm³/mol. The molecule has 0 spiro atoms. The highest BCUT2D eigenvalue weighted by Crippen LogP contribution is 2.31. The topological polar surface area (TPSA) is 106 Å². The highest BCUT2D eigenvalue weighted by Gasteiger charge is 2.36. The van der Waals surface area contributed by atoms with Crippen molar-refractivity contribution in [3.05, 3.63) is 113 Å². The maximum absolute atomic E-state index is 14.9. The van der Waals surface area contributed by atoms with E-state index in [2.05, 4.69) is 15.1 Å². The van der Waals surface area contributed by atoms with E-state index < -0.39 is 51.4 Å². The van der Waals surface area contributed by atoms with Gasteiger partial charge in [0.05, 0.1) is 29.0 Å². The summed E-state index contributed by atoms with van der Waals surface area (Å²) in [4.78, 5) is 13.2. The second-order valence-corrected chi connectivity index (χ2v) is 12.4. The molecule has 218 valence electrons. The maximum Gasteiger partial charge on any atom is 0.435 e. The van der Waals surface area contributed by atoms with E-state index in [-0.39, 0.29) is 23.4 Å². The van der Waals surface area contributed by atoms with E-state index in [0.29, 0.717) is 11.6 Å². The van der Waals surface area contributed by atoms with Crippen molar-refractivity contribution < 1.29 is 26.9 Å². The number of nitrogens with one attached hydrogen (secondary N) is 2. The van der Waals surface area contributed by atoms with Gasteiger partial charge in [0, 0.05) is 17.4 Å². The number of benzene rings is 3. The fraction of sp³-hybridized carbons (Fsp3) is 0.233. The monoisotopic (exact) mass is 597 g/mol. The molecular formula is C30H27F4N5O2S. The average Bonchev–Trinajstić information content (AvgIpc) is 3.41. The molecule has 7 nitrogen and oxygen atoms in total. The van der Waals surface area contributed by atoms with Crippen molar-refractivity contribution in [1.29, 1.82) is 5.26 Å². The van der Waals surface area contributed by atoms with Crippen molar-refractivity contribution in [2.75, 3.05) is 5.32 Å². The van der Waals surface area contributed by atoms with Gasteiger partial charge in [0.2, 0.25) is 0 Å². The van der Waals surface area contributed by atoms with Crippen molar-refractivity contribution in [3.8, 4) is 11.8 Å². The Morgan fingerprint density at radius 1 is 1.05 bits per heavy atom. The van der Waals surface area contributed by atoms with Crippen LogP contribution in [0.4, 0.5) is 23.2 Å². The molecule has 4 rings (SSSR count). The van der Waals surface area contributed by atoms with Gasteiger partial charge in [-0.1, -0.05) is 42.5 Å². The van der Waals surface area contributed by atoms with Gasteiger partial charge in [-0.15, -0.1) is 4.72 Å². The van der Waals surface area contributed by atoms with E-state index in [9.17, 15) is 32.2 Å². The molecule has 0 saturated carbocycles. The standard InChI is InChI=1S/C30H27F4N5O2S/c1-29(2,3)42(41)38-24(21-9-5-4-6-10-21)15-19-12-13-23(31)25(16-19)36-28(40)26-17-27(30(32,33)34)37-39(26)22-11-7-8-20(14-22)18-35/h4-14,16-17,24,38H,15H2,1-3H3,(H,36,40)/t24-,42?/m1/s1. The Morgan fingerprint density at radius 2 is 1.76 bits per heavy atom. The molecule has 4 aromatic rings. The van der Waals surface area contributed by atoms with Gasteiger partial charge in [0.1, 0.15) is 16.3 Å². The summed E-state index contributed by atoms with van der Waals surface area (Å²) in [5.41, 5.74) is -0.477. The molecule has 12 heteroatoms. The first-order valence-electron chi connectivity index (χ1n) is 12.8. The molecule has 1 aromatic heterocycles. The quantitative estimate of drug-likeness (QED) is 0.178. The summed E-state index contributed by atoms with van der Waals surface area (Å²) in [6, 6.07) is 20.9. The molecule has 2 N–H and O–H groups in total. The second kappa shape index (κ2) is 12.4. The van der Waals surface area contributed by atoms with Crippen LogP contribution >= 0.6 is 0 Å². The predicted octanol–water partition coefficient (Wildman–Crippen LogP) is 6.49. The number of nitrogens with zero attached hydrogens (tertiary/aromatic N) is 3. The third kappa shape index (κ3) is 7.36. The molecule has 1 amide bonds. The van der Waals surface area contributed by atoms with E-state index >= 15 is 0 Å². The van der Waals surface area contributed by atoms with Gasteiger partial charge in [-0.05, 0) is 68.7 Å². The Labute approximate surface area is 243 Å². The normalized spacial score (nSPS) is 13.3. The summed E-state index contributed by atoms with van der Waals surface area (Å²) in [7, 11) is 0. The van der Waals surface area contributed by atoms with E-state index in [4.69, 9.17) is 0 Å². The number of rotatable bonds is 8. The van der Waals surface area contributed by atoms with Crippen LogP contribution in [0.1, 0.15) is 59.7 Å². The zero-order valence-electron chi connectivity index (χ0n) is 22.9. The Hall–Kier alpha value is -4.18. The molecule has 0 aliphatic carbocycles. The largest absolute Gasteiger partial charge is 0.598 e. The number of carbonyl (C=O) groups excluding carboxylic acids is 1. The Bertz CT molecular complexity index is 1610. The fourth-order valence-corrected chi connectivity index (χ4v) is 4.85. The highest BCUT2D eigenvalue weighted by atomic mass is 32.2. The van der Waals surface area contributed by atoms with Crippen LogP contribution in [0.3, 0.4) is 0 Å². The van der Waals surface area contributed by atoms with Crippen molar-refractivity contribution in [1.82, 2.24) is 14.5 Å². The SMILES string of the molecule is CC(C)(C)[S+]([O-])N[C@H](Cc1ccc(F)c(NC(=O)c2cc(C(F)(F)F)nn2-c2cccc(C#N)c2)c1)c1ccccc1. The maximum atomic E-state index is 14.9. The van der Waals surface area contributed by atoms with Crippen LogP contribution in [-0.4, -0.2) is 25.0 Å². The van der Waals surface area contributed by atoms with Gasteiger partial charge in [-0.3, -0.25) is 4.79 Å². The summed E-state index contributed by atoms with van der Waals surface area (Å²) in [5, 5.41) is 15.1. The minimum atomic E-state index is -4.86. The van der Waals surface area contributed by atoms with Crippen molar-refractivity contribution in [2.45, 2.75) is 44.2 Å². The third-order valence-corrected chi connectivity index (χ3v) is 7.79. The lowest BCUT2D eigenvalue weighted by Gasteiger charge is -2.28. The third-order valence-electron chi connectivity index (χ3n) is 6.18. The molecule has 0 aliphatic rings. The molecule has 0 aliphatic heterocycles. The van der Waals surface area contributed by atoms with Crippen LogP contribution < -0.4 is 10.0 Å². The molecule has 42 heavy (non-hydrogen) atoms. The summed E-state index contributed by atoms with van der Waals surface area (Å²) in [6.07, 6.45) is -4.59. The van der Waals surface area contributed by atoms with Crippen LogP contribution in [0.25, 0.3) is 5.69 Å². The number of amides is 1. The molecule has 1 heterocycles. The van der Waals surface area contributed by atoms with E-state index in [0.717, 1.165) is 16.3 Å². The lowest BCUT2D eigenvalue weighted by Crippen LogP contribution is -2.41. The highest BCUT2D eigenvalue weighted by molar-refractivity contribution is 7.90. The van der Waals surface area contributed by atoms with Crippen LogP contribution in [0.15, 0.2) is 78.9 Å². The van der Waals surface area contributed by atoms with Crippen molar-refractivity contribution in [3.63, 3.8) is 0 Å². The molecule has 2 atom stereocenters. The summed E-state index contributed by atoms with van der Waals surface area (Å²) >= 11 is -1.43. The number of carbonyl (C=O) groups is 1. The lowest BCUT2D eigenvalue weighted by atomic mass is 9.99. The van der Waals surface area contributed by atoms with Gasteiger partial charge in [-0.25, -0.2) is 9.07 Å². The fourth-order valence-electron chi connectivity index (χ4n) is 4.02. The Kier molecular flexibility index (Phi) is 9.06. The van der Waals surface area contributed by atoms with Crippen LogP contribution in [0, 0.1) is 17.1 Å². The molecule has 0 saturated heterocycles. The molecule has 3 aromatic carbocycles. The minimum Gasteiger partial charge on any atom is -0.598 e. The number of halogens is 4. The van der Waals surface area contributed by atoms with E-state index in [1.54, 1.807) is 0 Å². The zero-order chi connectivity index (χ0) is 30.7. The van der Waals surface area contributed by atoms with Crippen LogP contribution in [0.5, 0.6) is 0 Å². The number of alkyl halides is 3. The van der Waals surface area contributed by atoms with E-state index in [1.807, 2.05) is 57.2 Å². The lowest BCUT2D eigenvalue weighted by molar-refractivity contribution is -0.141. The number of nitriles is 1. The number of aromatic nitrogens is 2. The summed E-state index contributed by atoms with van der Waals surface area (Å²) < 4.78 is 71.7. The zero-order valence-corrected chi connectivity index (χ0v) is 23.7. The molecular weight excluding hydrogens is 570 g/mol. The van der Waals surface area contributed by atoms with Gasteiger partial charge in [0.25, 0.3) is 5.91 Å². The first-order chi connectivity index (χ1) is 19.8.